The van der Waals surface area contributed by atoms with Gasteiger partial charge in [-0.15, -0.1) is 0 Å². The van der Waals surface area contributed by atoms with Crippen LogP contribution >= 0.6 is 0 Å². The van der Waals surface area contributed by atoms with Crippen molar-refractivity contribution in [2.45, 2.75) is 19.9 Å². The molecule has 148 valence electrons. The Hall–Kier alpha value is -3.06. The van der Waals surface area contributed by atoms with Gasteiger partial charge in [-0.1, -0.05) is 18.2 Å². The Bertz CT molecular complexity index is 832. The van der Waals surface area contributed by atoms with E-state index >= 15 is 0 Å². The van der Waals surface area contributed by atoms with Crippen molar-refractivity contribution in [3.05, 3.63) is 54.1 Å². The number of anilines is 3. The van der Waals surface area contributed by atoms with Crippen LogP contribution in [0, 0.1) is 0 Å². The van der Waals surface area contributed by atoms with Gasteiger partial charge in [0, 0.05) is 30.4 Å². The lowest BCUT2D eigenvalue weighted by Crippen LogP contribution is -2.36. The number of morpholine rings is 1. The van der Waals surface area contributed by atoms with E-state index in [0.29, 0.717) is 24.5 Å². The van der Waals surface area contributed by atoms with Crippen molar-refractivity contribution in [3.63, 3.8) is 0 Å². The predicted molar refractivity (Wildman–Crippen MR) is 111 cm³/mol. The number of para-hydroxylation sites is 2. The van der Waals surface area contributed by atoms with Crippen LogP contribution in [0.1, 0.15) is 24.2 Å². The zero-order chi connectivity index (χ0) is 19.9. The molecule has 1 aliphatic heterocycles. The molecule has 2 aromatic carbocycles. The summed E-state index contributed by atoms with van der Waals surface area (Å²) in [6.07, 6.45) is 0. The third kappa shape index (κ3) is 5.23. The minimum absolute atomic E-state index is 0.0307. The maximum absolute atomic E-state index is 12.8. The third-order valence-corrected chi connectivity index (χ3v) is 4.31. The maximum Gasteiger partial charge on any atom is 0.319 e. The number of ether oxygens (including phenoxy) is 1. The molecule has 1 fully saturated rings. The molecule has 7 nitrogen and oxygen atoms in total. The number of hydrogen-bond acceptors (Lipinski definition) is 4. The molecule has 1 heterocycles. The lowest BCUT2D eigenvalue weighted by atomic mass is 10.1. The number of hydrogen-bond donors (Lipinski definition) is 3. The smallest absolute Gasteiger partial charge is 0.319 e. The molecule has 1 saturated heterocycles. The van der Waals surface area contributed by atoms with Crippen LogP contribution < -0.4 is 20.9 Å². The Morgan fingerprint density at radius 1 is 1.00 bits per heavy atom. The van der Waals surface area contributed by atoms with Crippen molar-refractivity contribution in [1.82, 2.24) is 5.32 Å². The van der Waals surface area contributed by atoms with Gasteiger partial charge in [-0.05, 0) is 44.2 Å². The fraction of sp³-hybridized carbons (Fsp3) is 0.333. The average Bonchev–Trinajstić information content (AvgIpc) is 2.68. The largest absolute Gasteiger partial charge is 0.378 e. The number of carbonyl (C=O) groups excluding carboxylic acids is 2. The molecule has 1 aliphatic rings. The van der Waals surface area contributed by atoms with E-state index in [-0.39, 0.29) is 18.0 Å². The van der Waals surface area contributed by atoms with Gasteiger partial charge in [-0.3, -0.25) is 4.79 Å². The minimum atomic E-state index is -0.301. The minimum Gasteiger partial charge on any atom is -0.378 e. The van der Waals surface area contributed by atoms with Crippen molar-refractivity contribution in [1.29, 1.82) is 0 Å². The number of nitrogens with one attached hydrogen (secondary N) is 3. The molecule has 0 radical (unpaired) electrons. The molecule has 0 aromatic heterocycles. The molecule has 2 aromatic rings. The Morgan fingerprint density at radius 2 is 1.75 bits per heavy atom. The summed E-state index contributed by atoms with van der Waals surface area (Å²) < 4.78 is 5.41. The van der Waals surface area contributed by atoms with Gasteiger partial charge < -0.3 is 25.6 Å². The highest BCUT2D eigenvalue weighted by molar-refractivity contribution is 6.06. The normalized spacial score (nSPS) is 13.9. The van der Waals surface area contributed by atoms with Crippen molar-refractivity contribution >= 4 is 29.0 Å². The molecule has 3 rings (SSSR count). The fourth-order valence-electron chi connectivity index (χ4n) is 3.02. The molecule has 0 spiro atoms. The third-order valence-electron chi connectivity index (χ3n) is 4.31. The first kappa shape index (κ1) is 19.7. The second kappa shape index (κ2) is 9.23. The molecule has 0 saturated carbocycles. The Morgan fingerprint density at radius 3 is 2.50 bits per heavy atom. The first-order chi connectivity index (χ1) is 13.5. The standard InChI is InChI=1S/C21H26N4O3/c1-15(2)22-21(27)23-17-7-5-6-16(14-17)20(26)24-18-8-3-4-9-19(18)25-10-12-28-13-11-25/h3-9,14-15H,10-13H2,1-2H3,(H,24,26)(H2,22,23,27). The summed E-state index contributed by atoms with van der Waals surface area (Å²) in [6, 6.07) is 14.3. The van der Waals surface area contributed by atoms with Crippen molar-refractivity contribution < 1.29 is 14.3 Å². The maximum atomic E-state index is 12.8. The second-order valence-electron chi connectivity index (χ2n) is 6.90. The first-order valence-corrected chi connectivity index (χ1v) is 9.43. The van der Waals surface area contributed by atoms with Crippen LogP contribution in [0.2, 0.25) is 0 Å². The van der Waals surface area contributed by atoms with Gasteiger partial charge in [0.15, 0.2) is 0 Å². The number of urea groups is 1. The van der Waals surface area contributed by atoms with E-state index in [0.717, 1.165) is 24.5 Å². The lowest BCUT2D eigenvalue weighted by Gasteiger charge is -2.30. The molecule has 28 heavy (non-hydrogen) atoms. The van der Waals surface area contributed by atoms with Gasteiger partial charge in [-0.2, -0.15) is 0 Å². The monoisotopic (exact) mass is 382 g/mol. The number of carbonyl (C=O) groups is 2. The molecular weight excluding hydrogens is 356 g/mol. The van der Waals surface area contributed by atoms with E-state index in [1.165, 1.54) is 0 Å². The number of rotatable bonds is 5. The first-order valence-electron chi connectivity index (χ1n) is 9.43. The SMILES string of the molecule is CC(C)NC(=O)Nc1cccc(C(=O)Nc2ccccc2N2CCOCC2)c1. The topological polar surface area (TPSA) is 82.7 Å². The summed E-state index contributed by atoms with van der Waals surface area (Å²) in [6.45, 7) is 6.70. The molecule has 0 unspecified atom stereocenters. The van der Waals surface area contributed by atoms with Crippen molar-refractivity contribution in [3.8, 4) is 0 Å². The van der Waals surface area contributed by atoms with E-state index in [9.17, 15) is 9.59 Å². The van der Waals surface area contributed by atoms with Gasteiger partial charge in [0.1, 0.15) is 0 Å². The van der Waals surface area contributed by atoms with Gasteiger partial charge in [0.2, 0.25) is 0 Å². The molecule has 0 atom stereocenters. The van der Waals surface area contributed by atoms with Gasteiger partial charge in [0.25, 0.3) is 5.91 Å². The number of benzene rings is 2. The molecule has 7 heteroatoms. The van der Waals surface area contributed by atoms with Gasteiger partial charge >= 0.3 is 6.03 Å². The second-order valence-corrected chi connectivity index (χ2v) is 6.90. The zero-order valence-corrected chi connectivity index (χ0v) is 16.2. The van der Waals surface area contributed by atoms with Crippen LogP contribution in [0.3, 0.4) is 0 Å². The molecule has 3 N–H and O–H groups in total. The van der Waals surface area contributed by atoms with Gasteiger partial charge in [0.05, 0.1) is 24.6 Å². The van der Waals surface area contributed by atoms with E-state index in [2.05, 4.69) is 20.9 Å². The Balaban J connectivity index is 1.72. The van der Waals surface area contributed by atoms with Crippen molar-refractivity contribution in [2.24, 2.45) is 0 Å². The highest BCUT2D eigenvalue weighted by Gasteiger charge is 2.16. The van der Waals surface area contributed by atoms with Crippen molar-refractivity contribution in [2.75, 3.05) is 41.8 Å². The van der Waals surface area contributed by atoms with Crippen LogP contribution in [-0.4, -0.2) is 44.3 Å². The lowest BCUT2D eigenvalue weighted by molar-refractivity contribution is 0.102. The highest BCUT2D eigenvalue weighted by Crippen LogP contribution is 2.27. The zero-order valence-electron chi connectivity index (χ0n) is 16.2. The summed E-state index contributed by atoms with van der Waals surface area (Å²) in [5, 5.41) is 8.49. The summed E-state index contributed by atoms with van der Waals surface area (Å²) in [5.74, 6) is -0.228. The molecule has 0 bridgehead atoms. The van der Waals surface area contributed by atoms with E-state index in [1.54, 1.807) is 24.3 Å². The summed E-state index contributed by atoms with van der Waals surface area (Å²) in [7, 11) is 0. The van der Waals surface area contributed by atoms with E-state index in [1.807, 2.05) is 38.1 Å². The quantitative estimate of drug-likeness (QED) is 0.741. The van der Waals surface area contributed by atoms with Crippen LogP contribution in [0.4, 0.5) is 21.9 Å². The Labute approximate surface area is 165 Å². The molecular formula is C21H26N4O3. The van der Waals surface area contributed by atoms with Gasteiger partial charge in [-0.25, -0.2) is 4.79 Å². The number of amides is 3. The van der Waals surface area contributed by atoms with E-state index in [4.69, 9.17) is 4.74 Å². The van der Waals surface area contributed by atoms with Crippen LogP contribution in [0.15, 0.2) is 48.5 Å². The van der Waals surface area contributed by atoms with Crippen LogP contribution in [0.25, 0.3) is 0 Å². The van der Waals surface area contributed by atoms with Crippen LogP contribution in [0.5, 0.6) is 0 Å². The summed E-state index contributed by atoms with van der Waals surface area (Å²) >= 11 is 0. The molecule has 3 amide bonds. The fourth-order valence-corrected chi connectivity index (χ4v) is 3.02. The summed E-state index contributed by atoms with van der Waals surface area (Å²) in [5.41, 5.74) is 2.77. The Kier molecular flexibility index (Phi) is 6.49. The summed E-state index contributed by atoms with van der Waals surface area (Å²) in [4.78, 5) is 26.9. The highest BCUT2D eigenvalue weighted by atomic mass is 16.5. The predicted octanol–water partition coefficient (Wildman–Crippen LogP) is 3.31. The molecule has 0 aliphatic carbocycles. The van der Waals surface area contributed by atoms with E-state index < -0.39 is 0 Å². The average molecular weight is 382 g/mol. The number of nitrogens with zero attached hydrogens (tertiary/aromatic N) is 1. The van der Waals surface area contributed by atoms with Crippen LogP contribution in [-0.2, 0) is 4.74 Å².